The molecule has 1 aromatic carbocycles. The SMILES string of the molecule is Nc1ncnc2c(-c3ccc(F)c(Cl)c3F)ncc(OC3CN(C(=O)/C=C/CN4CCOCC4)C3)c12. The van der Waals surface area contributed by atoms with Gasteiger partial charge in [0.2, 0.25) is 5.91 Å². The lowest BCUT2D eigenvalue weighted by molar-refractivity contribution is -0.134. The highest BCUT2D eigenvalue weighted by Gasteiger charge is 2.32. The van der Waals surface area contributed by atoms with Crippen LogP contribution in [0.5, 0.6) is 5.75 Å². The number of carbonyl (C=O) groups excluding carboxylic acids is 1. The van der Waals surface area contributed by atoms with Crippen LogP contribution in [0.3, 0.4) is 0 Å². The Morgan fingerprint density at radius 2 is 2.00 bits per heavy atom. The van der Waals surface area contributed by atoms with Crippen LogP contribution in [0.4, 0.5) is 14.6 Å². The molecule has 2 saturated heterocycles. The Morgan fingerprint density at radius 1 is 1.22 bits per heavy atom. The molecule has 2 N–H and O–H groups in total. The number of amides is 1. The zero-order valence-electron chi connectivity index (χ0n) is 19.2. The van der Waals surface area contributed by atoms with E-state index in [-0.39, 0.29) is 34.6 Å². The molecule has 0 spiro atoms. The average Bonchev–Trinajstić information content (AvgIpc) is 2.85. The van der Waals surface area contributed by atoms with Crippen molar-refractivity contribution in [3.8, 4) is 17.0 Å². The summed E-state index contributed by atoms with van der Waals surface area (Å²) in [6, 6.07) is 2.29. The quantitative estimate of drug-likeness (QED) is 0.394. The summed E-state index contributed by atoms with van der Waals surface area (Å²) in [5.74, 6) is -1.50. The summed E-state index contributed by atoms with van der Waals surface area (Å²) in [7, 11) is 0. The van der Waals surface area contributed by atoms with Crippen LogP contribution in [0.1, 0.15) is 0 Å². The van der Waals surface area contributed by atoms with Gasteiger partial charge in [-0.05, 0) is 12.1 Å². The molecule has 0 bridgehead atoms. The standard InChI is InChI=1S/C24H23ClF2N6O3/c25-20-16(26)4-3-15(21(20)27)22-23-19(24(28)31-13-30-23)17(10-29-22)36-14-11-33(12-14)18(34)2-1-5-32-6-8-35-9-7-32/h1-4,10,13-14H,5-9,11-12H2,(H2,28,30,31)/b2-1+. The van der Waals surface area contributed by atoms with Crippen LogP contribution in [0.2, 0.25) is 5.02 Å². The highest BCUT2D eigenvalue weighted by atomic mass is 35.5. The number of nitrogen functional groups attached to an aromatic ring is 1. The zero-order valence-corrected chi connectivity index (χ0v) is 19.9. The van der Waals surface area contributed by atoms with E-state index in [1.807, 2.05) is 6.08 Å². The number of aromatic nitrogens is 3. The Hall–Kier alpha value is -3.41. The number of ether oxygens (including phenoxy) is 2. The lowest BCUT2D eigenvalue weighted by atomic mass is 10.1. The first-order chi connectivity index (χ1) is 17.4. The minimum Gasteiger partial charge on any atom is -0.484 e. The second-order valence-corrected chi connectivity index (χ2v) is 8.85. The van der Waals surface area contributed by atoms with Gasteiger partial charge in [-0.3, -0.25) is 9.69 Å². The van der Waals surface area contributed by atoms with E-state index >= 15 is 0 Å². The van der Waals surface area contributed by atoms with Crippen molar-refractivity contribution in [2.45, 2.75) is 6.10 Å². The number of hydrogen-bond acceptors (Lipinski definition) is 8. The Balaban J connectivity index is 1.29. The molecule has 2 aliphatic heterocycles. The molecule has 0 unspecified atom stereocenters. The maximum Gasteiger partial charge on any atom is 0.246 e. The van der Waals surface area contributed by atoms with E-state index in [1.165, 1.54) is 18.6 Å². The Kier molecular flexibility index (Phi) is 6.95. The fourth-order valence-corrected chi connectivity index (χ4v) is 4.29. The molecule has 2 fully saturated rings. The van der Waals surface area contributed by atoms with Gasteiger partial charge < -0.3 is 20.1 Å². The number of anilines is 1. The third-order valence-electron chi connectivity index (χ3n) is 6.13. The smallest absolute Gasteiger partial charge is 0.246 e. The van der Waals surface area contributed by atoms with Crippen molar-refractivity contribution in [1.29, 1.82) is 0 Å². The monoisotopic (exact) mass is 516 g/mol. The molecule has 1 amide bonds. The topological polar surface area (TPSA) is 107 Å². The molecule has 0 radical (unpaired) electrons. The highest BCUT2D eigenvalue weighted by molar-refractivity contribution is 6.31. The van der Waals surface area contributed by atoms with Gasteiger partial charge in [0.05, 0.1) is 43.6 Å². The van der Waals surface area contributed by atoms with Crippen molar-refractivity contribution in [2.75, 3.05) is 51.7 Å². The molecule has 0 aliphatic carbocycles. The number of benzene rings is 1. The Bertz CT molecular complexity index is 1330. The molecular weight excluding hydrogens is 494 g/mol. The minimum atomic E-state index is -0.953. The van der Waals surface area contributed by atoms with Crippen molar-refractivity contribution < 1.29 is 23.0 Å². The number of nitrogens with zero attached hydrogens (tertiary/aromatic N) is 5. The van der Waals surface area contributed by atoms with E-state index in [0.717, 1.165) is 19.2 Å². The van der Waals surface area contributed by atoms with Crippen LogP contribution >= 0.6 is 11.6 Å². The number of morpholine rings is 1. The van der Waals surface area contributed by atoms with Gasteiger partial charge in [-0.15, -0.1) is 0 Å². The van der Waals surface area contributed by atoms with Crippen LogP contribution in [0, 0.1) is 11.6 Å². The largest absolute Gasteiger partial charge is 0.484 e. The van der Waals surface area contributed by atoms with E-state index in [0.29, 0.717) is 44.0 Å². The molecule has 12 heteroatoms. The van der Waals surface area contributed by atoms with Gasteiger partial charge in [-0.1, -0.05) is 17.7 Å². The van der Waals surface area contributed by atoms with Gasteiger partial charge in [0.25, 0.3) is 0 Å². The molecule has 2 aromatic heterocycles. The van der Waals surface area contributed by atoms with Gasteiger partial charge in [-0.2, -0.15) is 0 Å². The summed E-state index contributed by atoms with van der Waals surface area (Å²) in [6.07, 6.45) is 5.76. The summed E-state index contributed by atoms with van der Waals surface area (Å²) in [6.45, 7) is 4.60. The van der Waals surface area contributed by atoms with Crippen molar-refractivity contribution in [3.05, 3.63) is 53.5 Å². The number of fused-ring (bicyclic) bond motifs is 1. The van der Waals surface area contributed by atoms with E-state index in [2.05, 4.69) is 19.9 Å². The number of likely N-dealkylation sites (tertiary alicyclic amines) is 1. The molecule has 0 atom stereocenters. The summed E-state index contributed by atoms with van der Waals surface area (Å²) in [4.78, 5) is 28.9. The second-order valence-electron chi connectivity index (χ2n) is 8.47. The summed E-state index contributed by atoms with van der Waals surface area (Å²) in [5, 5.41) is -0.291. The molecule has 188 valence electrons. The lowest BCUT2D eigenvalue weighted by Gasteiger charge is -2.38. The number of halogens is 3. The van der Waals surface area contributed by atoms with E-state index < -0.39 is 16.7 Å². The van der Waals surface area contributed by atoms with E-state index in [1.54, 1.807) is 11.0 Å². The minimum absolute atomic E-state index is 0.0275. The molecule has 36 heavy (non-hydrogen) atoms. The van der Waals surface area contributed by atoms with Gasteiger partial charge in [0.15, 0.2) is 11.6 Å². The van der Waals surface area contributed by atoms with Crippen LogP contribution in [0.25, 0.3) is 22.2 Å². The number of rotatable bonds is 6. The summed E-state index contributed by atoms with van der Waals surface area (Å²) < 4.78 is 39.7. The van der Waals surface area contributed by atoms with Crippen LogP contribution in [0.15, 0.2) is 36.8 Å². The van der Waals surface area contributed by atoms with Crippen LogP contribution < -0.4 is 10.5 Å². The zero-order chi connectivity index (χ0) is 25.2. The summed E-state index contributed by atoms with van der Waals surface area (Å²) >= 11 is 5.75. The van der Waals surface area contributed by atoms with Crippen LogP contribution in [-0.2, 0) is 9.53 Å². The van der Waals surface area contributed by atoms with Gasteiger partial charge >= 0.3 is 0 Å². The average molecular weight is 517 g/mol. The van der Waals surface area contributed by atoms with Gasteiger partial charge in [0.1, 0.15) is 34.6 Å². The van der Waals surface area contributed by atoms with Gasteiger partial charge in [0, 0.05) is 31.3 Å². The number of hydrogen-bond donors (Lipinski definition) is 1. The van der Waals surface area contributed by atoms with E-state index in [9.17, 15) is 13.6 Å². The molecule has 0 saturated carbocycles. The maximum absolute atomic E-state index is 14.7. The Morgan fingerprint density at radius 3 is 2.78 bits per heavy atom. The highest BCUT2D eigenvalue weighted by Crippen LogP contribution is 2.37. The first-order valence-electron chi connectivity index (χ1n) is 11.4. The van der Waals surface area contributed by atoms with Crippen molar-refractivity contribution in [2.24, 2.45) is 0 Å². The third kappa shape index (κ3) is 4.81. The third-order valence-corrected chi connectivity index (χ3v) is 6.48. The first-order valence-corrected chi connectivity index (χ1v) is 11.8. The fraction of sp³-hybridized carbons (Fsp3) is 0.333. The predicted molar refractivity (Wildman–Crippen MR) is 130 cm³/mol. The van der Waals surface area contributed by atoms with Crippen molar-refractivity contribution >= 4 is 34.2 Å². The molecular formula is C24H23ClF2N6O3. The Labute approximate surface area is 210 Å². The second kappa shape index (κ2) is 10.3. The van der Waals surface area contributed by atoms with Crippen molar-refractivity contribution in [3.63, 3.8) is 0 Å². The molecule has 9 nitrogen and oxygen atoms in total. The number of carbonyl (C=O) groups is 1. The molecule has 4 heterocycles. The maximum atomic E-state index is 14.7. The fourth-order valence-electron chi connectivity index (χ4n) is 4.13. The molecule has 3 aromatic rings. The van der Waals surface area contributed by atoms with E-state index in [4.69, 9.17) is 26.8 Å². The predicted octanol–water partition coefficient (Wildman–Crippen LogP) is 2.68. The van der Waals surface area contributed by atoms with Crippen molar-refractivity contribution in [1.82, 2.24) is 24.8 Å². The molecule has 2 aliphatic rings. The summed E-state index contributed by atoms with van der Waals surface area (Å²) in [5.41, 5.74) is 6.43. The lowest BCUT2D eigenvalue weighted by Crippen LogP contribution is -2.55. The number of nitrogens with two attached hydrogens (primary N) is 1. The first kappa shape index (κ1) is 24.3. The number of pyridine rings is 1. The normalized spacial score (nSPS) is 17.0. The van der Waals surface area contributed by atoms with Crippen LogP contribution in [-0.4, -0.2) is 82.7 Å². The molecule has 5 rings (SSSR count). The van der Waals surface area contributed by atoms with Gasteiger partial charge in [-0.25, -0.2) is 23.7 Å².